The third kappa shape index (κ3) is 4.63. The molecule has 2 aromatic heterocycles. The van der Waals surface area contributed by atoms with E-state index >= 15 is 0 Å². The Morgan fingerprint density at radius 1 is 1.10 bits per heavy atom. The maximum Gasteiger partial charge on any atom is 0.264 e. The largest absolute Gasteiger partial charge is 0.326 e. The quantitative estimate of drug-likeness (QED) is 0.446. The maximum absolute atomic E-state index is 12.5. The van der Waals surface area contributed by atoms with Crippen LogP contribution in [0.15, 0.2) is 80.1 Å². The van der Waals surface area contributed by atoms with Crippen LogP contribution in [0.3, 0.4) is 0 Å². The van der Waals surface area contributed by atoms with Gasteiger partial charge in [-0.25, -0.2) is 4.98 Å². The van der Waals surface area contributed by atoms with Crippen molar-refractivity contribution in [2.45, 2.75) is 22.8 Å². The predicted molar refractivity (Wildman–Crippen MR) is 121 cm³/mol. The van der Waals surface area contributed by atoms with Crippen molar-refractivity contribution in [3.63, 3.8) is 0 Å². The van der Waals surface area contributed by atoms with Crippen molar-refractivity contribution >= 4 is 50.3 Å². The van der Waals surface area contributed by atoms with Gasteiger partial charge in [-0.2, -0.15) is 5.10 Å². The van der Waals surface area contributed by atoms with Crippen LogP contribution in [0.5, 0.6) is 0 Å². The van der Waals surface area contributed by atoms with Gasteiger partial charge >= 0.3 is 0 Å². The van der Waals surface area contributed by atoms with Gasteiger partial charge in [0.1, 0.15) is 5.39 Å². The Morgan fingerprint density at radius 3 is 2.47 bits per heavy atom. The van der Waals surface area contributed by atoms with Crippen LogP contribution in [-0.2, 0) is 18.4 Å². The van der Waals surface area contributed by atoms with Crippen molar-refractivity contribution in [2.75, 3.05) is 5.32 Å². The number of anilines is 1. The van der Waals surface area contributed by atoms with Crippen molar-refractivity contribution in [1.29, 1.82) is 0 Å². The monoisotopic (exact) mass is 483 g/mol. The smallest absolute Gasteiger partial charge is 0.264 e. The summed E-state index contributed by atoms with van der Waals surface area (Å²) in [7, 11) is 1.73. The van der Waals surface area contributed by atoms with Gasteiger partial charge in [-0.1, -0.05) is 27.7 Å². The standard InChI is InChI=1S/C21H18BrN5O2S/c1-26-20-18(12-24-26)21(29)27(13-23-20)11-10-19(28)25-15-4-8-17(9-5-15)30-16-6-2-14(22)3-7-16/h2-9,12-13H,10-11H2,1H3,(H,25,28). The number of carbonyl (C=O) groups is 1. The number of hydrogen-bond acceptors (Lipinski definition) is 5. The normalized spacial score (nSPS) is 11.0. The van der Waals surface area contributed by atoms with E-state index in [0.29, 0.717) is 16.7 Å². The molecule has 9 heteroatoms. The first-order valence-corrected chi connectivity index (χ1v) is 10.8. The Kier molecular flexibility index (Phi) is 6.01. The molecule has 2 aromatic carbocycles. The molecular formula is C21H18BrN5O2S. The van der Waals surface area contributed by atoms with Gasteiger partial charge in [-0.3, -0.25) is 18.8 Å². The molecular weight excluding hydrogens is 466 g/mol. The van der Waals surface area contributed by atoms with Crippen molar-refractivity contribution in [3.8, 4) is 0 Å². The summed E-state index contributed by atoms with van der Waals surface area (Å²) in [5, 5.41) is 7.35. The number of aryl methyl sites for hydroxylation is 2. The van der Waals surface area contributed by atoms with Gasteiger partial charge in [0.25, 0.3) is 5.56 Å². The molecule has 7 nitrogen and oxygen atoms in total. The molecule has 1 amide bonds. The molecule has 4 aromatic rings. The summed E-state index contributed by atoms with van der Waals surface area (Å²) in [5.41, 5.74) is 1.05. The lowest BCUT2D eigenvalue weighted by molar-refractivity contribution is -0.116. The van der Waals surface area contributed by atoms with E-state index in [1.807, 2.05) is 48.5 Å². The molecule has 30 heavy (non-hydrogen) atoms. The summed E-state index contributed by atoms with van der Waals surface area (Å²) < 4.78 is 4.02. The van der Waals surface area contributed by atoms with Gasteiger partial charge < -0.3 is 5.32 Å². The summed E-state index contributed by atoms with van der Waals surface area (Å²) >= 11 is 5.08. The average Bonchev–Trinajstić information content (AvgIpc) is 3.12. The second kappa shape index (κ2) is 8.85. The molecule has 0 aliphatic heterocycles. The van der Waals surface area contributed by atoms with Crippen LogP contribution in [0.2, 0.25) is 0 Å². The average molecular weight is 484 g/mol. The Balaban J connectivity index is 1.34. The Bertz CT molecular complexity index is 1250. The minimum absolute atomic E-state index is 0.165. The van der Waals surface area contributed by atoms with Crippen LogP contribution in [0.4, 0.5) is 5.69 Å². The summed E-state index contributed by atoms with van der Waals surface area (Å²) in [4.78, 5) is 31.2. The molecule has 0 radical (unpaired) electrons. The van der Waals surface area contributed by atoms with Gasteiger partial charge in [0.15, 0.2) is 5.65 Å². The van der Waals surface area contributed by atoms with Crippen LogP contribution in [0, 0.1) is 0 Å². The van der Waals surface area contributed by atoms with Crippen LogP contribution in [0.25, 0.3) is 11.0 Å². The maximum atomic E-state index is 12.5. The zero-order valence-electron chi connectivity index (χ0n) is 16.1. The molecule has 152 valence electrons. The van der Waals surface area contributed by atoms with Gasteiger partial charge in [0, 0.05) is 40.0 Å². The first kappa shape index (κ1) is 20.4. The van der Waals surface area contributed by atoms with Crippen molar-refractivity contribution in [1.82, 2.24) is 19.3 Å². The Morgan fingerprint density at radius 2 is 1.77 bits per heavy atom. The van der Waals surface area contributed by atoms with Gasteiger partial charge in [-0.15, -0.1) is 0 Å². The Labute approximate surface area is 185 Å². The molecule has 0 atom stereocenters. The number of aromatic nitrogens is 4. The summed E-state index contributed by atoms with van der Waals surface area (Å²) in [6, 6.07) is 15.8. The molecule has 0 aliphatic rings. The van der Waals surface area contributed by atoms with Crippen LogP contribution < -0.4 is 10.9 Å². The SMILES string of the molecule is Cn1ncc2c(=O)n(CCC(=O)Nc3ccc(Sc4ccc(Br)cc4)cc3)cnc21. The summed E-state index contributed by atoms with van der Waals surface area (Å²) in [6.45, 7) is 0.250. The van der Waals surface area contributed by atoms with Crippen LogP contribution in [-0.4, -0.2) is 25.2 Å². The lowest BCUT2D eigenvalue weighted by atomic mass is 10.3. The highest BCUT2D eigenvalue weighted by molar-refractivity contribution is 9.10. The van der Waals surface area contributed by atoms with E-state index in [1.54, 1.807) is 23.5 Å². The highest BCUT2D eigenvalue weighted by atomic mass is 79.9. The fourth-order valence-electron chi connectivity index (χ4n) is 2.92. The first-order valence-electron chi connectivity index (χ1n) is 9.20. The lowest BCUT2D eigenvalue weighted by Crippen LogP contribution is -2.23. The zero-order valence-corrected chi connectivity index (χ0v) is 18.5. The van der Waals surface area contributed by atoms with Gasteiger partial charge in [0.05, 0.1) is 12.5 Å². The van der Waals surface area contributed by atoms with E-state index in [1.165, 1.54) is 17.1 Å². The third-order valence-corrected chi connectivity index (χ3v) is 6.03. The molecule has 1 N–H and O–H groups in total. The molecule has 0 unspecified atom stereocenters. The molecule has 0 bridgehead atoms. The van der Waals surface area contributed by atoms with Crippen LogP contribution >= 0.6 is 27.7 Å². The molecule has 0 saturated carbocycles. The fraction of sp³-hybridized carbons (Fsp3) is 0.143. The number of carbonyl (C=O) groups excluding carboxylic acids is 1. The highest BCUT2D eigenvalue weighted by Gasteiger charge is 2.10. The second-order valence-corrected chi connectivity index (χ2v) is 8.69. The molecule has 0 aliphatic carbocycles. The third-order valence-electron chi connectivity index (χ3n) is 4.49. The van der Waals surface area contributed by atoms with E-state index in [-0.39, 0.29) is 24.4 Å². The van der Waals surface area contributed by atoms with E-state index in [2.05, 4.69) is 31.3 Å². The number of amides is 1. The van der Waals surface area contributed by atoms with E-state index in [9.17, 15) is 9.59 Å². The van der Waals surface area contributed by atoms with Gasteiger partial charge in [0.2, 0.25) is 5.91 Å². The number of benzene rings is 2. The summed E-state index contributed by atoms with van der Waals surface area (Å²) in [5.74, 6) is -0.165. The molecule has 0 spiro atoms. The number of rotatable bonds is 6. The minimum atomic E-state index is -0.199. The second-order valence-electron chi connectivity index (χ2n) is 6.63. The van der Waals surface area contributed by atoms with E-state index < -0.39 is 0 Å². The molecule has 0 saturated heterocycles. The van der Waals surface area contributed by atoms with Crippen LogP contribution in [0.1, 0.15) is 6.42 Å². The van der Waals surface area contributed by atoms with Crippen molar-refractivity contribution < 1.29 is 4.79 Å². The van der Waals surface area contributed by atoms with E-state index in [4.69, 9.17) is 0 Å². The number of fused-ring (bicyclic) bond motifs is 1. The molecule has 0 fully saturated rings. The van der Waals surface area contributed by atoms with Crippen molar-refractivity contribution in [2.24, 2.45) is 7.05 Å². The van der Waals surface area contributed by atoms with Gasteiger partial charge in [-0.05, 0) is 48.5 Å². The lowest BCUT2D eigenvalue weighted by Gasteiger charge is -2.08. The minimum Gasteiger partial charge on any atom is -0.326 e. The molecule has 2 heterocycles. The zero-order chi connectivity index (χ0) is 21.1. The Hall–Kier alpha value is -2.91. The summed E-state index contributed by atoms with van der Waals surface area (Å²) in [6.07, 6.45) is 3.12. The number of halogens is 1. The number of nitrogens with one attached hydrogen (secondary N) is 1. The topological polar surface area (TPSA) is 81.8 Å². The fourth-order valence-corrected chi connectivity index (χ4v) is 4.00. The number of hydrogen-bond donors (Lipinski definition) is 1. The van der Waals surface area contributed by atoms with Crippen molar-refractivity contribution in [3.05, 3.63) is 75.9 Å². The predicted octanol–water partition coefficient (Wildman–Crippen LogP) is 4.07. The number of nitrogens with zero attached hydrogens (tertiary/aromatic N) is 4. The highest BCUT2D eigenvalue weighted by Crippen LogP contribution is 2.29. The first-order chi connectivity index (χ1) is 14.5. The van der Waals surface area contributed by atoms with E-state index in [0.717, 1.165) is 14.3 Å². The molecule has 4 rings (SSSR count).